The highest BCUT2D eigenvalue weighted by Gasteiger charge is 2.26. The highest BCUT2D eigenvalue weighted by atomic mass is 32.2. The summed E-state index contributed by atoms with van der Waals surface area (Å²) >= 11 is 0. The zero-order valence-electron chi connectivity index (χ0n) is 9.61. The van der Waals surface area contributed by atoms with Crippen molar-refractivity contribution in [3.8, 4) is 0 Å². The van der Waals surface area contributed by atoms with Gasteiger partial charge < -0.3 is 5.73 Å². The molecule has 0 bridgehead atoms. The number of rotatable bonds is 5. The van der Waals surface area contributed by atoms with Crippen LogP contribution in [0.2, 0.25) is 0 Å². The van der Waals surface area contributed by atoms with Crippen molar-refractivity contribution in [3.05, 3.63) is 29.6 Å². The first-order chi connectivity index (χ1) is 8.30. The molecule has 0 heterocycles. The molecule has 0 saturated carbocycles. The first-order valence-electron chi connectivity index (χ1n) is 5.02. The Hall–Kier alpha value is -1.12. The predicted octanol–water partition coefficient (Wildman–Crippen LogP) is 1.17. The lowest BCUT2D eigenvalue weighted by molar-refractivity contribution is 0.126. The molecule has 0 aliphatic heterocycles. The number of nitrogens with two attached hydrogens (primary N) is 1. The molecule has 18 heavy (non-hydrogen) atoms. The molecule has 0 radical (unpaired) electrons. The lowest BCUT2D eigenvalue weighted by Crippen LogP contribution is -2.32. The number of nitrogens with zero attached hydrogens (tertiary/aromatic N) is 1. The Labute approximate surface area is 103 Å². The van der Waals surface area contributed by atoms with Gasteiger partial charge in [-0.2, -0.15) is 4.31 Å². The van der Waals surface area contributed by atoms with E-state index >= 15 is 0 Å². The first-order valence-corrected chi connectivity index (χ1v) is 6.46. The van der Waals surface area contributed by atoms with Crippen molar-refractivity contribution in [3.63, 3.8) is 0 Å². The molecule has 1 aromatic rings. The van der Waals surface area contributed by atoms with E-state index in [1.807, 2.05) is 0 Å². The maximum atomic E-state index is 13.4. The van der Waals surface area contributed by atoms with Crippen molar-refractivity contribution in [2.45, 2.75) is 17.9 Å². The minimum Gasteiger partial charge on any atom is -0.326 e. The molecule has 0 atom stereocenters. The van der Waals surface area contributed by atoms with E-state index in [1.54, 1.807) is 0 Å². The van der Waals surface area contributed by atoms with E-state index in [4.69, 9.17) is 5.73 Å². The number of alkyl halides is 2. The fraction of sp³-hybridized carbons (Fsp3) is 0.400. The van der Waals surface area contributed by atoms with Crippen LogP contribution in [0.5, 0.6) is 0 Å². The van der Waals surface area contributed by atoms with Crippen molar-refractivity contribution in [2.24, 2.45) is 5.73 Å². The summed E-state index contributed by atoms with van der Waals surface area (Å²) in [4.78, 5) is -0.381. The van der Waals surface area contributed by atoms with E-state index in [0.717, 1.165) is 19.2 Å². The van der Waals surface area contributed by atoms with Crippen LogP contribution in [0.1, 0.15) is 5.56 Å². The van der Waals surface area contributed by atoms with E-state index < -0.39 is 28.8 Å². The number of halogens is 3. The second kappa shape index (κ2) is 5.68. The van der Waals surface area contributed by atoms with Crippen molar-refractivity contribution in [2.75, 3.05) is 13.6 Å². The van der Waals surface area contributed by atoms with Crippen LogP contribution in [0.15, 0.2) is 23.1 Å². The zero-order chi connectivity index (χ0) is 13.9. The van der Waals surface area contributed by atoms with Crippen LogP contribution in [-0.2, 0) is 16.6 Å². The van der Waals surface area contributed by atoms with Crippen LogP contribution in [0.25, 0.3) is 0 Å². The first kappa shape index (κ1) is 14.9. The molecule has 1 aromatic carbocycles. The summed E-state index contributed by atoms with van der Waals surface area (Å²) in [6.07, 6.45) is -2.81. The molecule has 0 aromatic heterocycles. The van der Waals surface area contributed by atoms with Crippen LogP contribution in [0.3, 0.4) is 0 Å². The largest absolute Gasteiger partial charge is 0.326 e. The number of hydrogen-bond acceptors (Lipinski definition) is 3. The molecule has 0 amide bonds. The molecule has 8 heteroatoms. The monoisotopic (exact) mass is 282 g/mol. The number of hydrogen-bond donors (Lipinski definition) is 1. The van der Waals surface area contributed by atoms with Crippen molar-refractivity contribution in [1.82, 2.24) is 4.31 Å². The fourth-order valence-electron chi connectivity index (χ4n) is 1.44. The summed E-state index contributed by atoms with van der Waals surface area (Å²) in [5, 5.41) is 0. The van der Waals surface area contributed by atoms with Crippen LogP contribution >= 0.6 is 0 Å². The molecular formula is C10H13F3N2O2S. The van der Waals surface area contributed by atoms with Gasteiger partial charge in [0.2, 0.25) is 10.0 Å². The molecule has 0 fully saturated rings. The van der Waals surface area contributed by atoms with Crippen molar-refractivity contribution >= 4 is 10.0 Å². The third kappa shape index (κ3) is 3.01. The molecule has 0 unspecified atom stereocenters. The number of sulfonamides is 1. The topological polar surface area (TPSA) is 63.4 Å². The Morgan fingerprint density at radius 1 is 1.39 bits per heavy atom. The summed E-state index contributed by atoms with van der Waals surface area (Å²) in [5.74, 6) is -0.774. The molecule has 0 aliphatic carbocycles. The molecule has 102 valence electrons. The Morgan fingerprint density at radius 3 is 2.50 bits per heavy atom. The van der Waals surface area contributed by atoms with E-state index in [-0.39, 0.29) is 17.0 Å². The zero-order valence-corrected chi connectivity index (χ0v) is 10.4. The summed E-state index contributed by atoms with van der Waals surface area (Å²) < 4.78 is 62.2. The van der Waals surface area contributed by atoms with Gasteiger partial charge in [0.1, 0.15) is 5.82 Å². The Kier molecular flexibility index (Phi) is 4.71. The average Bonchev–Trinajstić information content (AvgIpc) is 2.27. The van der Waals surface area contributed by atoms with E-state index in [1.165, 1.54) is 6.07 Å². The molecule has 1 rings (SSSR count). The predicted molar refractivity (Wildman–Crippen MR) is 60.1 cm³/mol. The highest BCUT2D eigenvalue weighted by molar-refractivity contribution is 7.89. The van der Waals surface area contributed by atoms with Crippen LogP contribution < -0.4 is 5.73 Å². The lowest BCUT2D eigenvalue weighted by Gasteiger charge is -2.18. The fourth-order valence-corrected chi connectivity index (χ4v) is 2.83. The quantitative estimate of drug-likeness (QED) is 0.881. The van der Waals surface area contributed by atoms with Gasteiger partial charge in [-0.15, -0.1) is 0 Å². The lowest BCUT2D eigenvalue weighted by atomic mass is 10.2. The molecular weight excluding hydrogens is 269 g/mol. The maximum Gasteiger partial charge on any atom is 0.252 e. The minimum atomic E-state index is -4.17. The molecule has 0 spiro atoms. The Balaban J connectivity index is 3.24. The average molecular weight is 282 g/mol. The van der Waals surface area contributed by atoms with E-state index in [9.17, 15) is 21.6 Å². The summed E-state index contributed by atoms with van der Waals surface area (Å²) in [7, 11) is -3.16. The number of benzene rings is 1. The molecule has 0 aliphatic rings. The molecule has 0 saturated heterocycles. The third-order valence-corrected chi connectivity index (χ3v) is 4.27. The SMILES string of the molecule is CN(CC(F)F)S(=O)(=O)c1cccc(F)c1CN. The standard InChI is InChI=1S/C10H13F3N2O2S/c1-15(6-10(12)13)18(16,17)9-4-2-3-8(11)7(9)5-14/h2-4,10H,5-6,14H2,1H3. The smallest absolute Gasteiger partial charge is 0.252 e. The van der Waals surface area contributed by atoms with Gasteiger partial charge >= 0.3 is 0 Å². The maximum absolute atomic E-state index is 13.4. The van der Waals surface area contributed by atoms with Gasteiger partial charge in [0.15, 0.2) is 0 Å². The molecule has 4 nitrogen and oxygen atoms in total. The van der Waals surface area contributed by atoms with Gasteiger partial charge in [-0.1, -0.05) is 6.07 Å². The van der Waals surface area contributed by atoms with Crippen molar-refractivity contribution < 1.29 is 21.6 Å². The van der Waals surface area contributed by atoms with Crippen LogP contribution in [0, 0.1) is 5.82 Å². The van der Waals surface area contributed by atoms with Gasteiger partial charge in [-0.3, -0.25) is 0 Å². The van der Waals surface area contributed by atoms with Gasteiger partial charge in [0.25, 0.3) is 6.43 Å². The normalized spacial score (nSPS) is 12.4. The minimum absolute atomic E-state index is 0.210. The summed E-state index contributed by atoms with van der Waals surface area (Å²) in [5.41, 5.74) is 5.07. The second-order valence-corrected chi connectivity index (χ2v) is 5.61. The second-order valence-electron chi connectivity index (χ2n) is 3.60. The van der Waals surface area contributed by atoms with Crippen LogP contribution in [0.4, 0.5) is 13.2 Å². The van der Waals surface area contributed by atoms with Gasteiger partial charge in [0.05, 0.1) is 11.4 Å². The van der Waals surface area contributed by atoms with Gasteiger partial charge in [-0.05, 0) is 12.1 Å². The van der Waals surface area contributed by atoms with E-state index in [0.29, 0.717) is 4.31 Å². The van der Waals surface area contributed by atoms with Crippen LogP contribution in [-0.4, -0.2) is 32.7 Å². The summed E-state index contributed by atoms with van der Waals surface area (Å²) in [6, 6.07) is 3.40. The van der Waals surface area contributed by atoms with Gasteiger partial charge in [-0.25, -0.2) is 21.6 Å². The van der Waals surface area contributed by atoms with Crippen molar-refractivity contribution in [1.29, 1.82) is 0 Å². The highest BCUT2D eigenvalue weighted by Crippen LogP contribution is 2.22. The molecule has 2 N–H and O–H groups in total. The Morgan fingerprint density at radius 2 is 2.00 bits per heavy atom. The third-order valence-electron chi connectivity index (χ3n) is 2.36. The van der Waals surface area contributed by atoms with E-state index in [2.05, 4.69) is 0 Å². The van der Waals surface area contributed by atoms with Gasteiger partial charge in [0, 0.05) is 19.2 Å². The Bertz CT molecular complexity index is 520. The summed E-state index contributed by atoms with van der Waals surface area (Å²) in [6.45, 7) is -1.29.